The maximum Gasteiger partial charge on any atom is 0.336 e. The fraction of sp³-hybridized carbons (Fsp3) is 0.304. The molecule has 0 spiro atoms. The molecular weight excluding hydrogens is 336 g/mol. The summed E-state index contributed by atoms with van der Waals surface area (Å²) in [6.45, 7) is 0. The summed E-state index contributed by atoms with van der Waals surface area (Å²) in [5.74, 6) is 0.995. The Morgan fingerprint density at radius 3 is 2.56 bits per heavy atom. The average Bonchev–Trinajstić information content (AvgIpc) is 3.11. The number of carboxylic acid groups (broad SMARTS) is 1. The SMILES string of the molecule is O=C(O)c1ccccc1-c1ccc(CCc2ncc(CC3CCC3)[nH]2)cc1. The highest BCUT2D eigenvalue weighted by molar-refractivity contribution is 5.95. The number of carboxylic acids is 1. The number of rotatable bonds is 7. The van der Waals surface area contributed by atoms with Gasteiger partial charge in [-0.1, -0.05) is 61.7 Å². The number of carbonyl (C=O) groups is 1. The van der Waals surface area contributed by atoms with E-state index in [9.17, 15) is 9.90 Å². The molecule has 1 fully saturated rings. The van der Waals surface area contributed by atoms with E-state index in [1.54, 1.807) is 12.1 Å². The van der Waals surface area contributed by atoms with Crippen molar-refractivity contribution in [2.75, 3.05) is 0 Å². The maximum absolute atomic E-state index is 11.4. The van der Waals surface area contributed by atoms with Gasteiger partial charge in [-0.25, -0.2) is 9.78 Å². The van der Waals surface area contributed by atoms with Crippen LogP contribution < -0.4 is 0 Å². The first-order chi connectivity index (χ1) is 13.2. The van der Waals surface area contributed by atoms with Crippen LogP contribution in [0.15, 0.2) is 54.7 Å². The van der Waals surface area contributed by atoms with Gasteiger partial charge in [0.25, 0.3) is 0 Å². The van der Waals surface area contributed by atoms with Gasteiger partial charge in [0.15, 0.2) is 0 Å². The highest BCUT2D eigenvalue weighted by Crippen LogP contribution is 2.29. The molecule has 1 heterocycles. The smallest absolute Gasteiger partial charge is 0.336 e. The van der Waals surface area contributed by atoms with Gasteiger partial charge in [0.2, 0.25) is 0 Å². The molecule has 4 heteroatoms. The molecule has 0 aliphatic heterocycles. The molecule has 1 aliphatic rings. The Balaban J connectivity index is 1.39. The summed E-state index contributed by atoms with van der Waals surface area (Å²) in [5.41, 5.74) is 4.50. The Morgan fingerprint density at radius 1 is 1.07 bits per heavy atom. The summed E-state index contributed by atoms with van der Waals surface area (Å²) in [6, 6.07) is 15.3. The molecule has 138 valence electrons. The van der Waals surface area contributed by atoms with Crippen LogP contribution in [-0.2, 0) is 19.3 Å². The van der Waals surface area contributed by atoms with E-state index < -0.39 is 5.97 Å². The number of nitrogens with zero attached hydrogens (tertiary/aromatic N) is 1. The molecular formula is C23H24N2O2. The molecule has 4 nitrogen and oxygen atoms in total. The van der Waals surface area contributed by atoms with Crippen LogP contribution in [0.25, 0.3) is 11.1 Å². The average molecular weight is 360 g/mol. The highest BCUT2D eigenvalue weighted by Gasteiger charge is 2.18. The van der Waals surface area contributed by atoms with Gasteiger partial charge in [0.05, 0.1) is 5.56 Å². The minimum atomic E-state index is -0.898. The first kappa shape index (κ1) is 17.5. The predicted molar refractivity (Wildman–Crippen MR) is 106 cm³/mol. The number of H-pyrrole nitrogens is 1. The van der Waals surface area contributed by atoms with Crippen molar-refractivity contribution in [3.63, 3.8) is 0 Å². The molecule has 27 heavy (non-hydrogen) atoms. The van der Waals surface area contributed by atoms with Crippen LogP contribution in [0, 0.1) is 5.92 Å². The largest absolute Gasteiger partial charge is 0.478 e. The van der Waals surface area contributed by atoms with Crippen LogP contribution in [0.4, 0.5) is 0 Å². The molecule has 1 saturated carbocycles. The van der Waals surface area contributed by atoms with Crippen molar-refractivity contribution in [2.24, 2.45) is 5.92 Å². The Bertz CT molecular complexity index is 924. The standard InChI is InChI=1S/C23H24N2O2/c26-23(27)21-7-2-1-6-20(21)18-11-8-16(9-12-18)10-13-22-24-15-19(25-22)14-17-4-3-5-17/h1-2,6-9,11-12,15,17H,3-5,10,13-14H2,(H,24,25)(H,26,27). The van der Waals surface area contributed by atoms with E-state index in [0.29, 0.717) is 5.56 Å². The molecule has 0 radical (unpaired) electrons. The third kappa shape index (κ3) is 4.11. The van der Waals surface area contributed by atoms with Gasteiger partial charge < -0.3 is 10.1 Å². The lowest BCUT2D eigenvalue weighted by molar-refractivity contribution is 0.0697. The third-order valence-corrected chi connectivity index (χ3v) is 5.49. The zero-order valence-corrected chi connectivity index (χ0v) is 15.3. The van der Waals surface area contributed by atoms with Crippen LogP contribution >= 0.6 is 0 Å². The first-order valence-corrected chi connectivity index (χ1v) is 9.63. The number of hydrogen-bond acceptors (Lipinski definition) is 2. The quantitative estimate of drug-likeness (QED) is 0.629. The number of aromatic nitrogens is 2. The lowest BCUT2D eigenvalue weighted by Crippen LogP contribution is -2.13. The van der Waals surface area contributed by atoms with Gasteiger partial charge in [0, 0.05) is 18.3 Å². The molecule has 0 unspecified atom stereocenters. The summed E-state index contributed by atoms with van der Waals surface area (Å²) in [4.78, 5) is 19.4. The van der Waals surface area contributed by atoms with Crippen LogP contribution in [0.3, 0.4) is 0 Å². The van der Waals surface area contributed by atoms with E-state index in [1.807, 2.05) is 30.5 Å². The van der Waals surface area contributed by atoms with Gasteiger partial charge in [-0.3, -0.25) is 0 Å². The van der Waals surface area contributed by atoms with Gasteiger partial charge >= 0.3 is 5.97 Å². The summed E-state index contributed by atoms with van der Waals surface area (Å²) in [7, 11) is 0. The summed E-state index contributed by atoms with van der Waals surface area (Å²) < 4.78 is 0. The minimum Gasteiger partial charge on any atom is -0.478 e. The Morgan fingerprint density at radius 2 is 1.85 bits per heavy atom. The molecule has 0 atom stereocenters. The zero-order valence-electron chi connectivity index (χ0n) is 15.3. The van der Waals surface area contributed by atoms with Crippen molar-refractivity contribution in [3.05, 3.63) is 77.4 Å². The lowest BCUT2D eigenvalue weighted by Gasteiger charge is -2.24. The third-order valence-electron chi connectivity index (χ3n) is 5.49. The second-order valence-corrected chi connectivity index (χ2v) is 7.40. The number of aromatic amines is 1. The number of hydrogen-bond donors (Lipinski definition) is 2. The van der Waals surface area contributed by atoms with Gasteiger partial charge in [-0.15, -0.1) is 0 Å². The molecule has 1 aliphatic carbocycles. The van der Waals surface area contributed by atoms with Crippen LogP contribution in [0.1, 0.15) is 46.7 Å². The molecule has 2 N–H and O–H groups in total. The van der Waals surface area contributed by atoms with E-state index in [-0.39, 0.29) is 0 Å². The maximum atomic E-state index is 11.4. The molecule has 0 saturated heterocycles. The first-order valence-electron chi connectivity index (χ1n) is 9.63. The predicted octanol–water partition coefficient (Wildman–Crippen LogP) is 4.90. The fourth-order valence-electron chi connectivity index (χ4n) is 3.68. The summed E-state index contributed by atoms with van der Waals surface area (Å²) in [5, 5.41) is 9.36. The highest BCUT2D eigenvalue weighted by atomic mass is 16.4. The Kier molecular flexibility index (Phi) is 5.05. The van der Waals surface area contributed by atoms with Crippen molar-refractivity contribution in [1.82, 2.24) is 9.97 Å². The molecule has 2 aromatic carbocycles. The van der Waals surface area contributed by atoms with E-state index >= 15 is 0 Å². The zero-order chi connectivity index (χ0) is 18.6. The lowest BCUT2D eigenvalue weighted by atomic mass is 9.82. The van der Waals surface area contributed by atoms with Crippen molar-refractivity contribution < 1.29 is 9.90 Å². The normalized spacial score (nSPS) is 14.1. The van der Waals surface area contributed by atoms with Crippen LogP contribution in [-0.4, -0.2) is 21.0 Å². The minimum absolute atomic E-state index is 0.333. The molecule has 0 amide bonds. The molecule has 0 bridgehead atoms. The summed E-state index contributed by atoms with van der Waals surface area (Å²) >= 11 is 0. The van der Waals surface area contributed by atoms with Gasteiger partial charge in [-0.05, 0) is 41.5 Å². The van der Waals surface area contributed by atoms with Crippen LogP contribution in [0.5, 0.6) is 0 Å². The monoisotopic (exact) mass is 360 g/mol. The van der Waals surface area contributed by atoms with Gasteiger partial charge in [0.1, 0.15) is 5.82 Å². The molecule has 3 aromatic rings. The second-order valence-electron chi connectivity index (χ2n) is 7.40. The fourth-order valence-corrected chi connectivity index (χ4v) is 3.68. The van der Waals surface area contributed by atoms with E-state index in [0.717, 1.165) is 42.1 Å². The second kappa shape index (κ2) is 7.78. The van der Waals surface area contributed by atoms with Crippen LogP contribution in [0.2, 0.25) is 0 Å². The van der Waals surface area contributed by atoms with Crippen molar-refractivity contribution in [2.45, 2.75) is 38.5 Å². The molecule has 1 aromatic heterocycles. The van der Waals surface area contributed by atoms with Crippen molar-refractivity contribution in [1.29, 1.82) is 0 Å². The van der Waals surface area contributed by atoms with Crippen molar-refractivity contribution >= 4 is 5.97 Å². The van der Waals surface area contributed by atoms with Crippen molar-refractivity contribution in [3.8, 4) is 11.1 Å². The Hall–Kier alpha value is -2.88. The number of benzene rings is 2. The number of aryl methyl sites for hydroxylation is 2. The number of imidazole rings is 1. The topological polar surface area (TPSA) is 66.0 Å². The van der Waals surface area contributed by atoms with E-state index in [2.05, 4.69) is 22.1 Å². The number of aromatic carboxylic acids is 1. The summed E-state index contributed by atoms with van der Waals surface area (Å²) in [6.07, 6.45) is 8.99. The number of nitrogens with one attached hydrogen (secondary N) is 1. The van der Waals surface area contributed by atoms with Gasteiger partial charge in [-0.2, -0.15) is 0 Å². The molecule has 4 rings (SSSR count). The van der Waals surface area contributed by atoms with E-state index in [4.69, 9.17) is 0 Å². The Labute approximate surface area is 159 Å². The van der Waals surface area contributed by atoms with E-state index in [1.165, 1.54) is 30.5 Å².